The van der Waals surface area contributed by atoms with E-state index < -0.39 is 26.0 Å². The molecule has 3 aromatic rings. The molecule has 0 bridgehead atoms. The minimum atomic E-state index is -3.88. The van der Waals surface area contributed by atoms with Crippen molar-refractivity contribution in [2.24, 2.45) is 10.1 Å². The van der Waals surface area contributed by atoms with Crippen LogP contribution in [0.4, 0.5) is 0 Å². The van der Waals surface area contributed by atoms with Gasteiger partial charge in [-0.15, -0.1) is 0 Å². The molecule has 1 aromatic heterocycles. The molecule has 2 aromatic carbocycles. The van der Waals surface area contributed by atoms with E-state index in [2.05, 4.69) is 4.99 Å². The number of sulfonamides is 2. The summed E-state index contributed by atoms with van der Waals surface area (Å²) in [5.41, 5.74) is 0.891. The van der Waals surface area contributed by atoms with Crippen LogP contribution in [0.15, 0.2) is 57.2 Å². The lowest BCUT2D eigenvalue weighted by Gasteiger charge is -2.11. The van der Waals surface area contributed by atoms with Gasteiger partial charge >= 0.3 is 0 Å². The van der Waals surface area contributed by atoms with Crippen molar-refractivity contribution >= 4 is 47.5 Å². The van der Waals surface area contributed by atoms with Crippen molar-refractivity contribution in [1.29, 1.82) is 0 Å². The average Bonchev–Trinajstić information content (AvgIpc) is 3.07. The molecule has 0 radical (unpaired) electrons. The molecule has 0 atom stereocenters. The van der Waals surface area contributed by atoms with Gasteiger partial charge in [0.25, 0.3) is 5.91 Å². The molecule has 0 aliphatic carbocycles. The quantitative estimate of drug-likeness (QED) is 0.515. The molecule has 0 unspecified atom stereocenters. The van der Waals surface area contributed by atoms with E-state index in [1.165, 1.54) is 50.5 Å². The Balaban J connectivity index is 2.07. The Bertz CT molecular complexity index is 1440. The highest BCUT2D eigenvalue weighted by Gasteiger charge is 2.18. The summed E-state index contributed by atoms with van der Waals surface area (Å²) in [6, 6.07) is 9.92. The van der Waals surface area contributed by atoms with Crippen LogP contribution in [0.5, 0.6) is 0 Å². The summed E-state index contributed by atoms with van der Waals surface area (Å²) in [7, 11) is -3.11. The van der Waals surface area contributed by atoms with E-state index in [1.54, 1.807) is 17.7 Å². The molecule has 1 amide bonds. The second-order valence-electron chi connectivity index (χ2n) is 6.93. The fourth-order valence-corrected chi connectivity index (χ4v) is 5.46. The Hall–Kier alpha value is -2.42. The number of benzene rings is 2. The number of hydrogen-bond donors (Lipinski definition) is 1. The lowest BCUT2D eigenvalue weighted by atomic mass is 10.2. The average molecular weight is 499 g/mol. The highest BCUT2D eigenvalue weighted by molar-refractivity contribution is 7.89. The summed E-state index contributed by atoms with van der Waals surface area (Å²) in [4.78, 5) is 17.3. The third-order valence-corrected chi connectivity index (χ3v) is 8.36. The zero-order valence-electron chi connectivity index (χ0n) is 17.5. The van der Waals surface area contributed by atoms with Crippen molar-refractivity contribution in [2.45, 2.75) is 16.3 Å². The van der Waals surface area contributed by atoms with Crippen molar-refractivity contribution in [2.75, 3.05) is 27.8 Å². The second-order valence-corrected chi connectivity index (χ2v) is 11.7. The maximum absolute atomic E-state index is 12.8. The van der Waals surface area contributed by atoms with Gasteiger partial charge in [-0.05, 0) is 42.5 Å². The standard InChI is InChI=1S/C19H22N4O6S3/c1-22(2)32(27,28)14-6-4-13(5-7-14)18(24)21-19-23(10-11-29-3)16-9-8-15(31(20,25)26)12-17(16)30-19/h4-9,12H,10-11H2,1-3H3,(H2,20,25,26). The molecule has 10 nitrogen and oxygen atoms in total. The van der Waals surface area contributed by atoms with Gasteiger partial charge < -0.3 is 9.30 Å². The number of methoxy groups -OCH3 is 1. The van der Waals surface area contributed by atoms with Crippen molar-refractivity contribution in [3.8, 4) is 0 Å². The first kappa shape index (κ1) is 24.2. The summed E-state index contributed by atoms with van der Waals surface area (Å²) in [5.74, 6) is -0.566. The Morgan fingerprint density at radius 1 is 1.09 bits per heavy atom. The minimum absolute atomic E-state index is 0.0410. The Kier molecular flexibility index (Phi) is 6.97. The number of carbonyl (C=O) groups is 1. The molecule has 0 fully saturated rings. The predicted molar refractivity (Wildman–Crippen MR) is 120 cm³/mol. The van der Waals surface area contributed by atoms with E-state index in [0.29, 0.717) is 28.2 Å². The van der Waals surface area contributed by atoms with Gasteiger partial charge in [-0.25, -0.2) is 26.3 Å². The monoisotopic (exact) mass is 498 g/mol. The van der Waals surface area contributed by atoms with Gasteiger partial charge in [-0.2, -0.15) is 4.99 Å². The third-order valence-electron chi connectivity index (χ3n) is 4.58. The van der Waals surface area contributed by atoms with Gasteiger partial charge in [0.1, 0.15) is 0 Å². The third kappa shape index (κ3) is 4.98. The van der Waals surface area contributed by atoms with Crippen molar-refractivity contribution in [3.05, 3.63) is 52.8 Å². The van der Waals surface area contributed by atoms with E-state index in [4.69, 9.17) is 9.88 Å². The summed E-state index contributed by atoms with van der Waals surface area (Å²) >= 11 is 1.14. The molecule has 32 heavy (non-hydrogen) atoms. The van der Waals surface area contributed by atoms with E-state index in [1.807, 2.05) is 0 Å². The highest BCUT2D eigenvalue weighted by Crippen LogP contribution is 2.21. The molecule has 172 valence electrons. The molecule has 1 heterocycles. The molecular weight excluding hydrogens is 476 g/mol. The number of aromatic nitrogens is 1. The number of ether oxygens (including phenoxy) is 1. The normalized spacial score (nSPS) is 13.2. The summed E-state index contributed by atoms with van der Waals surface area (Å²) in [6.07, 6.45) is 0. The number of carbonyl (C=O) groups excluding carboxylic acids is 1. The van der Waals surface area contributed by atoms with Crippen molar-refractivity contribution < 1.29 is 26.4 Å². The van der Waals surface area contributed by atoms with Crippen LogP contribution in [0.2, 0.25) is 0 Å². The molecule has 0 saturated carbocycles. The molecule has 0 spiro atoms. The highest BCUT2D eigenvalue weighted by atomic mass is 32.2. The maximum atomic E-state index is 12.8. The van der Waals surface area contributed by atoms with Gasteiger partial charge in [-0.1, -0.05) is 11.3 Å². The first-order valence-corrected chi connectivity index (χ1v) is 13.0. The number of hydrogen-bond acceptors (Lipinski definition) is 7. The number of rotatable bonds is 7. The van der Waals surface area contributed by atoms with Crippen LogP contribution < -0.4 is 9.94 Å². The van der Waals surface area contributed by atoms with Crippen LogP contribution in [0, 0.1) is 0 Å². The van der Waals surface area contributed by atoms with Crippen molar-refractivity contribution in [1.82, 2.24) is 8.87 Å². The summed E-state index contributed by atoms with van der Waals surface area (Å²) < 4.78 is 56.3. The van der Waals surface area contributed by atoms with E-state index in [0.717, 1.165) is 15.6 Å². The van der Waals surface area contributed by atoms with Gasteiger partial charge in [0, 0.05) is 33.3 Å². The van der Waals surface area contributed by atoms with Crippen molar-refractivity contribution in [3.63, 3.8) is 0 Å². The zero-order chi connectivity index (χ0) is 23.7. The van der Waals surface area contributed by atoms with Gasteiger partial charge in [-0.3, -0.25) is 4.79 Å². The molecular formula is C19H22N4O6S3. The lowest BCUT2D eigenvalue weighted by Crippen LogP contribution is -2.22. The Morgan fingerprint density at radius 3 is 2.28 bits per heavy atom. The van der Waals surface area contributed by atoms with Gasteiger partial charge in [0.2, 0.25) is 20.0 Å². The molecule has 3 rings (SSSR count). The second kappa shape index (κ2) is 9.21. The lowest BCUT2D eigenvalue weighted by molar-refractivity contribution is 0.0997. The number of primary sulfonamides is 1. The predicted octanol–water partition coefficient (Wildman–Crippen LogP) is 0.988. The van der Waals surface area contributed by atoms with Crippen LogP contribution >= 0.6 is 11.3 Å². The zero-order valence-corrected chi connectivity index (χ0v) is 20.0. The summed E-state index contributed by atoms with van der Waals surface area (Å²) in [6.45, 7) is 0.735. The smallest absolute Gasteiger partial charge is 0.279 e. The number of fused-ring (bicyclic) bond motifs is 1. The first-order valence-electron chi connectivity index (χ1n) is 9.22. The van der Waals surface area contributed by atoms with Gasteiger partial charge in [0.05, 0.1) is 26.6 Å². The van der Waals surface area contributed by atoms with Crippen LogP contribution in [-0.4, -0.2) is 59.4 Å². The molecule has 0 saturated heterocycles. The van der Waals surface area contributed by atoms with Crippen LogP contribution in [0.3, 0.4) is 0 Å². The van der Waals surface area contributed by atoms with E-state index in [9.17, 15) is 21.6 Å². The number of nitrogens with two attached hydrogens (primary N) is 1. The fourth-order valence-electron chi connectivity index (χ4n) is 2.85. The largest absolute Gasteiger partial charge is 0.383 e. The number of nitrogens with zero attached hydrogens (tertiary/aromatic N) is 3. The van der Waals surface area contributed by atoms with E-state index >= 15 is 0 Å². The van der Waals surface area contributed by atoms with Crippen LogP contribution in [0.25, 0.3) is 10.2 Å². The SMILES string of the molecule is COCCn1c(=NC(=O)c2ccc(S(=O)(=O)N(C)C)cc2)sc2cc(S(N)(=O)=O)ccc21. The molecule has 13 heteroatoms. The Labute approximate surface area is 189 Å². The minimum Gasteiger partial charge on any atom is -0.383 e. The maximum Gasteiger partial charge on any atom is 0.279 e. The van der Waals surface area contributed by atoms with Crippen LogP contribution in [-0.2, 0) is 31.3 Å². The Morgan fingerprint density at radius 2 is 1.72 bits per heavy atom. The van der Waals surface area contributed by atoms with Gasteiger partial charge in [0.15, 0.2) is 4.80 Å². The fraction of sp³-hybridized carbons (Fsp3) is 0.263. The van der Waals surface area contributed by atoms with E-state index in [-0.39, 0.29) is 15.4 Å². The number of thiazole rings is 1. The molecule has 2 N–H and O–H groups in total. The molecule has 0 aliphatic rings. The first-order chi connectivity index (χ1) is 14.9. The molecule has 0 aliphatic heterocycles. The number of amides is 1. The summed E-state index contributed by atoms with van der Waals surface area (Å²) in [5, 5.41) is 5.22. The topological polar surface area (TPSA) is 141 Å². The van der Waals surface area contributed by atoms with Crippen LogP contribution in [0.1, 0.15) is 10.4 Å².